The van der Waals surface area contributed by atoms with Gasteiger partial charge in [-0.05, 0) is 55.6 Å². The van der Waals surface area contributed by atoms with Crippen LogP contribution in [-0.2, 0) is 10.0 Å². The van der Waals surface area contributed by atoms with Gasteiger partial charge in [-0.2, -0.15) is 4.31 Å². The second-order valence-corrected chi connectivity index (χ2v) is 8.14. The largest absolute Gasteiger partial charge is 0.316 e. The smallest absolute Gasteiger partial charge is 0.243 e. The maximum atomic E-state index is 12.6. The third-order valence-corrected chi connectivity index (χ3v) is 6.53. The van der Waals surface area contributed by atoms with Crippen LogP contribution in [0.5, 0.6) is 0 Å². The van der Waals surface area contributed by atoms with Crippen molar-refractivity contribution < 1.29 is 8.42 Å². The standard InChI is InChI=1S/C13H17BrN2O2S/c14-12-1-3-13(4-2-12)19(17,18)16-6-5-10-7-15-8-11(10)9-16/h1-4,10-11,15H,5-9H2. The highest BCUT2D eigenvalue weighted by Crippen LogP contribution is 2.30. The molecule has 104 valence electrons. The minimum absolute atomic E-state index is 0.389. The van der Waals surface area contributed by atoms with Gasteiger partial charge in [0, 0.05) is 17.6 Å². The molecular formula is C13H17BrN2O2S. The predicted molar refractivity (Wildman–Crippen MR) is 77.4 cm³/mol. The van der Waals surface area contributed by atoms with E-state index in [1.807, 2.05) is 0 Å². The zero-order chi connectivity index (χ0) is 13.5. The summed E-state index contributed by atoms with van der Waals surface area (Å²) in [6.07, 6.45) is 0.966. The molecule has 19 heavy (non-hydrogen) atoms. The zero-order valence-electron chi connectivity index (χ0n) is 10.5. The number of benzene rings is 1. The summed E-state index contributed by atoms with van der Waals surface area (Å²) in [6.45, 7) is 3.27. The van der Waals surface area contributed by atoms with Crippen LogP contribution >= 0.6 is 15.9 Å². The maximum absolute atomic E-state index is 12.6. The Morgan fingerprint density at radius 3 is 2.58 bits per heavy atom. The number of sulfonamides is 1. The fourth-order valence-electron chi connectivity index (χ4n) is 2.98. The molecule has 1 aromatic carbocycles. The van der Waals surface area contributed by atoms with E-state index >= 15 is 0 Å². The fraction of sp³-hybridized carbons (Fsp3) is 0.538. The zero-order valence-corrected chi connectivity index (χ0v) is 13.0. The van der Waals surface area contributed by atoms with Gasteiger partial charge in [0.1, 0.15) is 0 Å². The second kappa shape index (κ2) is 5.16. The summed E-state index contributed by atoms with van der Waals surface area (Å²) in [5, 5.41) is 3.36. The summed E-state index contributed by atoms with van der Waals surface area (Å²) in [5.74, 6) is 1.12. The second-order valence-electron chi connectivity index (χ2n) is 5.28. The fourth-order valence-corrected chi connectivity index (χ4v) is 4.75. The highest BCUT2D eigenvalue weighted by Gasteiger charge is 2.37. The van der Waals surface area contributed by atoms with Crippen LogP contribution in [0.15, 0.2) is 33.6 Å². The molecule has 2 atom stereocenters. The molecule has 6 heteroatoms. The lowest BCUT2D eigenvalue weighted by Crippen LogP contribution is -2.43. The van der Waals surface area contributed by atoms with Crippen molar-refractivity contribution >= 4 is 26.0 Å². The first-order valence-corrected chi connectivity index (χ1v) is 8.77. The van der Waals surface area contributed by atoms with Crippen LogP contribution in [0.4, 0.5) is 0 Å². The minimum Gasteiger partial charge on any atom is -0.316 e. The Hall–Kier alpha value is -0.430. The molecule has 0 aliphatic carbocycles. The SMILES string of the molecule is O=S(=O)(c1ccc(Br)cc1)N1CCC2CNCC2C1. The highest BCUT2D eigenvalue weighted by molar-refractivity contribution is 9.10. The molecular weight excluding hydrogens is 328 g/mol. The first-order valence-electron chi connectivity index (χ1n) is 6.54. The van der Waals surface area contributed by atoms with Gasteiger partial charge in [0.05, 0.1) is 4.90 Å². The molecule has 2 heterocycles. The third kappa shape index (κ3) is 2.59. The van der Waals surface area contributed by atoms with Gasteiger partial charge >= 0.3 is 0 Å². The number of fused-ring (bicyclic) bond motifs is 1. The summed E-state index contributed by atoms with van der Waals surface area (Å²) < 4.78 is 27.7. The Labute approximate surface area is 122 Å². The van der Waals surface area contributed by atoms with E-state index in [1.165, 1.54) is 0 Å². The Bertz CT molecular complexity index is 559. The van der Waals surface area contributed by atoms with E-state index < -0.39 is 10.0 Å². The molecule has 2 unspecified atom stereocenters. The van der Waals surface area contributed by atoms with Crippen molar-refractivity contribution in [2.75, 3.05) is 26.2 Å². The monoisotopic (exact) mass is 344 g/mol. The van der Waals surface area contributed by atoms with Gasteiger partial charge < -0.3 is 5.32 Å². The quantitative estimate of drug-likeness (QED) is 0.887. The number of halogens is 1. The van der Waals surface area contributed by atoms with Crippen molar-refractivity contribution in [1.82, 2.24) is 9.62 Å². The van der Waals surface area contributed by atoms with Crippen molar-refractivity contribution in [2.45, 2.75) is 11.3 Å². The number of rotatable bonds is 2. The topological polar surface area (TPSA) is 49.4 Å². The summed E-state index contributed by atoms with van der Waals surface area (Å²) in [7, 11) is -3.33. The molecule has 2 aliphatic heterocycles. The average molecular weight is 345 g/mol. The molecule has 0 radical (unpaired) electrons. The molecule has 0 aromatic heterocycles. The summed E-state index contributed by atoms with van der Waals surface area (Å²) in [4.78, 5) is 0.389. The average Bonchev–Trinajstić information content (AvgIpc) is 2.86. The predicted octanol–water partition coefficient (Wildman–Crippen LogP) is 1.68. The molecule has 0 spiro atoms. The van der Waals surface area contributed by atoms with Gasteiger partial charge in [-0.25, -0.2) is 8.42 Å². The van der Waals surface area contributed by atoms with Gasteiger partial charge in [0.25, 0.3) is 0 Å². The Morgan fingerprint density at radius 1 is 1.16 bits per heavy atom. The number of nitrogens with one attached hydrogen (secondary N) is 1. The van der Waals surface area contributed by atoms with E-state index in [1.54, 1.807) is 28.6 Å². The molecule has 1 N–H and O–H groups in total. The van der Waals surface area contributed by atoms with Gasteiger partial charge in [0.15, 0.2) is 0 Å². The van der Waals surface area contributed by atoms with Crippen LogP contribution in [0.1, 0.15) is 6.42 Å². The van der Waals surface area contributed by atoms with E-state index in [4.69, 9.17) is 0 Å². The molecule has 1 aromatic rings. The molecule has 2 aliphatic rings. The Morgan fingerprint density at radius 2 is 1.84 bits per heavy atom. The number of hydrogen-bond donors (Lipinski definition) is 1. The lowest BCUT2D eigenvalue weighted by molar-refractivity contribution is 0.228. The van der Waals surface area contributed by atoms with Gasteiger partial charge in [-0.15, -0.1) is 0 Å². The number of hydrogen-bond acceptors (Lipinski definition) is 3. The van der Waals surface area contributed by atoms with Crippen molar-refractivity contribution in [1.29, 1.82) is 0 Å². The molecule has 0 saturated carbocycles. The molecule has 4 nitrogen and oxygen atoms in total. The minimum atomic E-state index is -3.33. The summed E-state index contributed by atoms with van der Waals surface area (Å²) >= 11 is 3.33. The van der Waals surface area contributed by atoms with Crippen LogP contribution in [0.3, 0.4) is 0 Å². The van der Waals surface area contributed by atoms with Crippen molar-refractivity contribution in [3.05, 3.63) is 28.7 Å². The van der Waals surface area contributed by atoms with E-state index in [0.29, 0.717) is 29.8 Å². The van der Waals surface area contributed by atoms with Crippen molar-refractivity contribution in [2.24, 2.45) is 11.8 Å². The number of nitrogens with zero attached hydrogens (tertiary/aromatic N) is 1. The first kappa shape index (κ1) is 13.5. The van der Waals surface area contributed by atoms with E-state index in [9.17, 15) is 8.42 Å². The highest BCUT2D eigenvalue weighted by atomic mass is 79.9. The summed E-state index contributed by atoms with van der Waals surface area (Å²) in [5.41, 5.74) is 0. The molecule has 0 amide bonds. The maximum Gasteiger partial charge on any atom is 0.243 e. The van der Waals surface area contributed by atoms with E-state index in [-0.39, 0.29) is 0 Å². The van der Waals surface area contributed by atoms with E-state index in [2.05, 4.69) is 21.2 Å². The van der Waals surface area contributed by atoms with Crippen molar-refractivity contribution in [3.63, 3.8) is 0 Å². The molecule has 2 saturated heterocycles. The molecule has 3 rings (SSSR count). The van der Waals surface area contributed by atoms with Gasteiger partial charge in [-0.1, -0.05) is 15.9 Å². The number of piperidine rings is 1. The normalized spacial score (nSPS) is 28.3. The van der Waals surface area contributed by atoms with Crippen molar-refractivity contribution in [3.8, 4) is 0 Å². The lowest BCUT2D eigenvalue weighted by Gasteiger charge is -2.33. The summed E-state index contributed by atoms with van der Waals surface area (Å²) in [6, 6.07) is 6.88. The van der Waals surface area contributed by atoms with Gasteiger partial charge in [-0.3, -0.25) is 0 Å². The van der Waals surface area contributed by atoms with Crippen LogP contribution in [-0.4, -0.2) is 38.9 Å². The first-order chi connectivity index (χ1) is 9.07. The van der Waals surface area contributed by atoms with E-state index in [0.717, 1.165) is 24.0 Å². The van der Waals surface area contributed by atoms with Crippen LogP contribution in [0.25, 0.3) is 0 Å². The third-order valence-electron chi connectivity index (χ3n) is 4.12. The van der Waals surface area contributed by atoms with Crippen LogP contribution < -0.4 is 5.32 Å². The van der Waals surface area contributed by atoms with Crippen LogP contribution in [0, 0.1) is 11.8 Å². The Balaban J connectivity index is 1.82. The van der Waals surface area contributed by atoms with Gasteiger partial charge in [0.2, 0.25) is 10.0 Å². The van der Waals surface area contributed by atoms with Crippen LogP contribution in [0.2, 0.25) is 0 Å². The molecule has 2 fully saturated rings. The Kier molecular flexibility index (Phi) is 3.68. The lowest BCUT2D eigenvalue weighted by atomic mass is 9.90. The molecule has 0 bridgehead atoms.